The van der Waals surface area contributed by atoms with Gasteiger partial charge in [-0.1, -0.05) is 15.9 Å². The zero-order chi connectivity index (χ0) is 24.6. The van der Waals surface area contributed by atoms with Crippen LogP contribution in [0.1, 0.15) is 35.5 Å². The molecule has 2 aromatic carbocycles. The predicted octanol–water partition coefficient (Wildman–Crippen LogP) is 4.92. The molecule has 12 heteroatoms. The summed E-state index contributed by atoms with van der Waals surface area (Å²) in [5.41, 5.74) is 2.70. The molecule has 0 saturated carbocycles. The van der Waals surface area contributed by atoms with Crippen LogP contribution >= 0.6 is 31.9 Å². The van der Waals surface area contributed by atoms with E-state index < -0.39 is 11.2 Å². The summed E-state index contributed by atoms with van der Waals surface area (Å²) < 4.78 is 14.3. The van der Waals surface area contributed by atoms with Gasteiger partial charge in [-0.05, 0) is 70.2 Å². The van der Waals surface area contributed by atoms with Crippen molar-refractivity contribution in [3.63, 3.8) is 0 Å². The minimum absolute atomic E-state index is 0.211. The van der Waals surface area contributed by atoms with E-state index in [9.17, 15) is 14.9 Å². The number of halogens is 2. The maximum Gasteiger partial charge on any atom is 0.404 e. The number of hydrogen-bond acceptors (Lipinski definition) is 7. The molecule has 0 aliphatic carbocycles. The Morgan fingerprint density at radius 3 is 2.53 bits per heavy atom. The molecule has 1 amide bonds. The van der Waals surface area contributed by atoms with Crippen molar-refractivity contribution in [3.8, 4) is 5.75 Å². The van der Waals surface area contributed by atoms with E-state index in [1.54, 1.807) is 19.1 Å². The summed E-state index contributed by atoms with van der Waals surface area (Å²) >= 11 is 6.64. The number of methoxy groups -OCH3 is 1. The van der Waals surface area contributed by atoms with E-state index in [4.69, 9.17) is 9.47 Å². The molecule has 1 unspecified atom stereocenters. The normalized spacial score (nSPS) is 15.1. The number of rotatable bonds is 6. The molecule has 0 bridgehead atoms. The van der Waals surface area contributed by atoms with Crippen molar-refractivity contribution in [1.82, 2.24) is 14.8 Å². The van der Waals surface area contributed by atoms with E-state index in [0.717, 1.165) is 10.0 Å². The van der Waals surface area contributed by atoms with Gasteiger partial charge >= 0.3 is 5.82 Å². The van der Waals surface area contributed by atoms with Gasteiger partial charge in [-0.15, -0.1) is 5.10 Å². The first-order valence-electron chi connectivity index (χ1n) is 10.0. The average molecular weight is 593 g/mol. The number of ether oxygens (including phenoxy) is 2. The van der Waals surface area contributed by atoms with Crippen molar-refractivity contribution in [1.29, 1.82) is 0 Å². The highest BCUT2D eigenvalue weighted by Gasteiger charge is 2.34. The van der Waals surface area contributed by atoms with Gasteiger partial charge in [0.25, 0.3) is 0 Å². The second-order valence-electron chi connectivity index (χ2n) is 7.45. The van der Waals surface area contributed by atoms with Gasteiger partial charge in [0.15, 0.2) is 0 Å². The molecule has 1 atom stereocenters. The fourth-order valence-electron chi connectivity index (χ4n) is 3.51. The Bertz CT molecular complexity index is 1310. The zero-order valence-corrected chi connectivity index (χ0v) is 21.5. The molecular formula is C22H19Br2N5O5. The van der Waals surface area contributed by atoms with Gasteiger partial charge in [0.2, 0.25) is 18.0 Å². The molecule has 3 aromatic rings. The molecule has 0 radical (unpaired) electrons. The average Bonchev–Trinajstić information content (AvgIpc) is 3.37. The Balaban J connectivity index is 1.68. The van der Waals surface area contributed by atoms with Crippen LogP contribution in [0.25, 0.3) is 0 Å². The molecule has 1 aliphatic rings. The van der Waals surface area contributed by atoms with Crippen LogP contribution in [0.5, 0.6) is 5.75 Å². The van der Waals surface area contributed by atoms with Crippen LogP contribution in [0.2, 0.25) is 0 Å². The molecule has 1 aromatic heterocycles. The smallest absolute Gasteiger partial charge is 0.404 e. The Morgan fingerprint density at radius 2 is 1.94 bits per heavy atom. The van der Waals surface area contributed by atoms with E-state index in [1.807, 2.05) is 30.3 Å². The molecule has 176 valence electrons. The number of nitrogens with zero attached hydrogens (tertiary/aromatic N) is 5. The van der Waals surface area contributed by atoms with Crippen LogP contribution in [0.4, 0.5) is 5.82 Å². The molecule has 0 fully saturated rings. The third-order valence-electron chi connectivity index (χ3n) is 5.26. The highest BCUT2D eigenvalue weighted by molar-refractivity contribution is 9.10. The van der Waals surface area contributed by atoms with Crippen LogP contribution in [-0.2, 0) is 16.1 Å². The van der Waals surface area contributed by atoms with E-state index in [0.29, 0.717) is 32.9 Å². The Morgan fingerprint density at radius 1 is 1.24 bits per heavy atom. The van der Waals surface area contributed by atoms with Crippen LogP contribution < -0.4 is 4.74 Å². The Hall–Kier alpha value is -3.25. The van der Waals surface area contributed by atoms with Gasteiger partial charge in [0.05, 0.1) is 24.4 Å². The molecule has 4 rings (SSSR count). The van der Waals surface area contributed by atoms with Crippen molar-refractivity contribution >= 4 is 49.5 Å². The molecule has 1 aliphatic heterocycles. The molecule has 0 spiro atoms. The maximum absolute atomic E-state index is 12.3. The van der Waals surface area contributed by atoms with Crippen LogP contribution in [0, 0.1) is 17.0 Å². The van der Waals surface area contributed by atoms with E-state index in [-0.39, 0.29) is 18.3 Å². The van der Waals surface area contributed by atoms with Gasteiger partial charge < -0.3 is 19.6 Å². The minimum Gasteiger partial charge on any atom is -0.496 e. The monoisotopic (exact) mass is 591 g/mol. The van der Waals surface area contributed by atoms with Gasteiger partial charge in [-0.25, -0.2) is 0 Å². The van der Waals surface area contributed by atoms with Crippen molar-refractivity contribution < 1.29 is 19.2 Å². The van der Waals surface area contributed by atoms with Crippen LogP contribution in [0.15, 0.2) is 56.5 Å². The lowest BCUT2D eigenvalue weighted by molar-refractivity contribution is -0.390. The van der Waals surface area contributed by atoms with Crippen LogP contribution in [-0.4, -0.2) is 38.6 Å². The van der Waals surface area contributed by atoms with Gasteiger partial charge in [0.1, 0.15) is 10.2 Å². The maximum atomic E-state index is 12.3. The predicted molar refractivity (Wildman–Crippen MR) is 130 cm³/mol. The summed E-state index contributed by atoms with van der Waals surface area (Å²) in [5.74, 6) is 0.352. The summed E-state index contributed by atoms with van der Waals surface area (Å²) in [6.07, 6.45) is -0.777. The van der Waals surface area contributed by atoms with Crippen molar-refractivity contribution in [2.24, 2.45) is 5.10 Å². The first-order chi connectivity index (χ1) is 16.2. The second kappa shape index (κ2) is 9.55. The molecular weight excluding hydrogens is 574 g/mol. The lowest BCUT2D eigenvalue weighted by atomic mass is 10.1. The number of benzene rings is 2. The highest BCUT2D eigenvalue weighted by Crippen LogP contribution is 2.34. The van der Waals surface area contributed by atoms with E-state index in [1.165, 1.54) is 23.7 Å². The van der Waals surface area contributed by atoms with Crippen molar-refractivity contribution in [3.05, 3.63) is 83.9 Å². The topological polar surface area (TPSA) is 112 Å². The number of hydrazone groups is 1. The summed E-state index contributed by atoms with van der Waals surface area (Å²) in [7, 11) is 1.54. The van der Waals surface area contributed by atoms with E-state index in [2.05, 4.69) is 42.1 Å². The third kappa shape index (κ3) is 4.55. The number of carbonyl (C=O) groups excluding carboxylic acids is 1. The van der Waals surface area contributed by atoms with Crippen molar-refractivity contribution in [2.45, 2.75) is 26.6 Å². The first-order valence-corrected chi connectivity index (χ1v) is 11.6. The van der Waals surface area contributed by atoms with Gasteiger partial charge in [0, 0.05) is 28.1 Å². The number of aromatic nitrogens is 2. The zero-order valence-electron chi connectivity index (χ0n) is 18.4. The number of nitro groups is 1. The minimum atomic E-state index is -0.777. The lowest BCUT2D eigenvalue weighted by Gasteiger charge is -2.20. The van der Waals surface area contributed by atoms with Gasteiger partial charge in [-0.2, -0.15) is 9.69 Å². The standard InChI is InChI=1S/C22H19Br2N5O5/c1-12-19(24)20(29(31)32)25-27(12)11-16-10-15(6-9-18(16)33-3)22-28(13(2)30)26-21(34-22)14-4-7-17(23)8-5-14/h4-10,22H,11H2,1-3H3. The van der Waals surface area contributed by atoms with Crippen molar-refractivity contribution in [2.75, 3.05) is 7.11 Å². The number of hydrogen-bond donors (Lipinski definition) is 0. The van der Waals surface area contributed by atoms with Crippen LogP contribution in [0.3, 0.4) is 0 Å². The summed E-state index contributed by atoms with van der Waals surface area (Å²) in [4.78, 5) is 23.1. The second-order valence-corrected chi connectivity index (χ2v) is 9.16. The fraction of sp³-hybridized carbons (Fsp3) is 0.227. The fourth-order valence-corrected chi connectivity index (χ4v) is 4.20. The highest BCUT2D eigenvalue weighted by atomic mass is 79.9. The molecule has 34 heavy (non-hydrogen) atoms. The molecule has 0 saturated heterocycles. The molecule has 2 heterocycles. The summed E-state index contributed by atoms with van der Waals surface area (Å²) in [6, 6.07) is 12.8. The summed E-state index contributed by atoms with van der Waals surface area (Å²) in [6.45, 7) is 3.36. The lowest BCUT2D eigenvalue weighted by Crippen LogP contribution is -2.25. The summed E-state index contributed by atoms with van der Waals surface area (Å²) in [5, 5.41) is 21.0. The first kappa shape index (κ1) is 23.9. The van der Waals surface area contributed by atoms with E-state index >= 15 is 0 Å². The molecule has 0 N–H and O–H groups in total. The Labute approximate surface area is 211 Å². The number of amides is 1. The SMILES string of the molecule is COc1ccc(C2OC(c3ccc(Br)cc3)=NN2C(C)=O)cc1Cn1nc([N+](=O)[O-])c(Br)c1C. The largest absolute Gasteiger partial charge is 0.496 e. The Kier molecular flexibility index (Phi) is 6.71. The van der Waals surface area contributed by atoms with Gasteiger partial charge in [-0.3, -0.25) is 4.79 Å². The molecule has 10 nitrogen and oxygen atoms in total. The quantitative estimate of drug-likeness (QED) is 0.297. The third-order valence-corrected chi connectivity index (χ3v) is 6.71. The number of carbonyl (C=O) groups is 1.